The van der Waals surface area contributed by atoms with Crippen molar-refractivity contribution in [2.24, 2.45) is 10.3 Å². The number of hydrogen-bond donors (Lipinski definition) is 1. The second kappa shape index (κ2) is 13.0. The van der Waals surface area contributed by atoms with Gasteiger partial charge in [0.25, 0.3) is 5.91 Å². The summed E-state index contributed by atoms with van der Waals surface area (Å²) in [5.41, 5.74) is 1.05. The molecule has 0 heterocycles. The smallest absolute Gasteiger partial charge is 0.398 e. The van der Waals surface area contributed by atoms with E-state index >= 15 is 0 Å². The molecule has 33 heavy (non-hydrogen) atoms. The first-order valence-corrected chi connectivity index (χ1v) is 10.8. The average molecular weight is 530 g/mol. The lowest BCUT2D eigenvalue weighted by Gasteiger charge is -2.14. The topological polar surface area (TPSA) is 72.3 Å². The number of nitrogens with zero attached hydrogens (tertiary/aromatic N) is 2. The van der Waals surface area contributed by atoms with Gasteiger partial charge in [0.1, 0.15) is 13.7 Å². The van der Waals surface area contributed by atoms with Crippen LogP contribution in [0.3, 0.4) is 0 Å². The van der Waals surface area contributed by atoms with Crippen LogP contribution in [0.5, 0.6) is 0 Å². The Morgan fingerprint density at radius 2 is 1.79 bits per heavy atom. The lowest BCUT2D eigenvalue weighted by molar-refractivity contribution is -0.137. The van der Waals surface area contributed by atoms with Gasteiger partial charge in [-0.3, -0.25) is 4.79 Å². The zero-order valence-electron chi connectivity index (χ0n) is 19.3. The van der Waals surface area contributed by atoms with Gasteiger partial charge in [-0.15, -0.1) is 0 Å². The molecule has 180 valence electrons. The third kappa shape index (κ3) is 7.59. The fourth-order valence-electron chi connectivity index (χ4n) is 2.85. The standard InChI is InChI=1S/C21H21BrF3N3O3.C2H6/c1-12-6-5-7-16(19(28-30-4)20(29)26-3)17(12)11-31-27-13(2)15-9-8-14(22)10-18(15)21(23,24)25;1-2/h5-10H,11H2,1-4H3,(H,26,29);1-2H3/b27-13+,28-19+;. The monoisotopic (exact) mass is 529 g/mol. The summed E-state index contributed by atoms with van der Waals surface area (Å²) >= 11 is 3.06. The lowest BCUT2D eigenvalue weighted by atomic mass is 9.98. The van der Waals surface area contributed by atoms with Crippen LogP contribution in [0.1, 0.15) is 48.6 Å². The molecule has 10 heteroatoms. The molecule has 2 aromatic rings. The van der Waals surface area contributed by atoms with Crippen LogP contribution in [0, 0.1) is 6.92 Å². The van der Waals surface area contributed by atoms with E-state index in [0.29, 0.717) is 15.6 Å². The minimum atomic E-state index is -4.54. The molecule has 2 aromatic carbocycles. The molecular formula is C23H27BrF3N3O3. The van der Waals surface area contributed by atoms with Gasteiger partial charge in [-0.1, -0.05) is 64.4 Å². The number of nitrogens with one attached hydrogen (secondary N) is 1. The van der Waals surface area contributed by atoms with Crippen molar-refractivity contribution in [1.82, 2.24) is 5.32 Å². The lowest BCUT2D eigenvalue weighted by Crippen LogP contribution is -2.29. The van der Waals surface area contributed by atoms with Gasteiger partial charge in [0.15, 0.2) is 5.71 Å². The van der Waals surface area contributed by atoms with E-state index in [4.69, 9.17) is 9.68 Å². The van der Waals surface area contributed by atoms with Crippen LogP contribution in [0.2, 0.25) is 0 Å². The maximum absolute atomic E-state index is 13.4. The zero-order valence-corrected chi connectivity index (χ0v) is 20.9. The summed E-state index contributed by atoms with van der Waals surface area (Å²) in [5, 5.41) is 10.2. The van der Waals surface area contributed by atoms with E-state index in [1.165, 1.54) is 33.2 Å². The number of amides is 1. The molecule has 0 bridgehead atoms. The van der Waals surface area contributed by atoms with Crippen molar-refractivity contribution < 1.29 is 27.6 Å². The molecule has 0 saturated heterocycles. The van der Waals surface area contributed by atoms with Gasteiger partial charge >= 0.3 is 6.18 Å². The highest BCUT2D eigenvalue weighted by Gasteiger charge is 2.34. The Labute approximate surface area is 200 Å². The second-order valence-electron chi connectivity index (χ2n) is 6.44. The molecule has 0 fully saturated rings. The SMILES string of the molecule is CC.CNC(=O)/C(=N/OC)c1cccc(C)c1CO/N=C(\C)c1ccc(Br)cc1C(F)(F)F. The molecule has 0 aliphatic rings. The molecule has 0 aliphatic carbocycles. The molecule has 6 nitrogen and oxygen atoms in total. The normalized spacial score (nSPS) is 11.9. The molecule has 0 unspecified atom stereocenters. The number of carbonyl (C=O) groups excluding carboxylic acids is 1. The number of benzene rings is 2. The number of halogens is 4. The maximum Gasteiger partial charge on any atom is 0.417 e. The zero-order chi connectivity index (χ0) is 25.2. The number of carbonyl (C=O) groups is 1. The summed E-state index contributed by atoms with van der Waals surface area (Å²) in [6.45, 7) is 7.15. The molecule has 0 aromatic heterocycles. The van der Waals surface area contributed by atoms with Crippen molar-refractivity contribution in [1.29, 1.82) is 0 Å². The molecule has 1 N–H and O–H groups in total. The number of oxime groups is 2. The van der Waals surface area contributed by atoms with Gasteiger partial charge in [-0.25, -0.2) is 0 Å². The molecular weight excluding hydrogens is 503 g/mol. The first-order valence-electron chi connectivity index (χ1n) is 10.1. The summed E-state index contributed by atoms with van der Waals surface area (Å²) in [5.74, 6) is -0.460. The summed E-state index contributed by atoms with van der Waals surface area (Å²) in [6.07, 6.45) is -4.54. The van der Waals surface area contributed by atoms with Crippen LogP contribution in [0.4, 0.5) is 13.2 Å². The largest absolute Gasteiger partial charge is 0.417 e. The van der Waals surface area contributed by atoms with Gasteiger partial charge in [0.05, 0.1) is 11.3 Å². The van der Waals surface area contributed by atoms with Gasteiger partial charge < -0.3 is 15.0 Å². The summed E-state index contributed by atoms with van der Waals surface area (Å²) in [7, 11) is 2.78. The van der Waals surface area contributed by atoms with Crippen molar-refractivity contribution >= 4 is 33.3 Å². The highest BCUT2D eigenvalue weighted by Crippen LogP contribution is 2.34. The summed E-state index contributed by atoms with van der Waals surface area (Å²) < 4.78 is 40.4. The van der Waals surface area contributed by atoms with Crippen LogP contribution in [0.15, 0.2) is 51.2 Å². The molecule has 0 spiro atoms. The third-order valence-corrected chi connectivity index (χ3v) is 4.87. The van der Waals surface area contributed by atoms with Gasteiger partial charge in [0, 0.05) is 28.2 Å². The Bertz CT molecular complexity index is 1020. The number of rotatable bonds is 7. The predicted octanol–water partition coefficient (Wildman–Crippen LogP) is 5.84. The van der Waals surface area contributed by atoms with Gasteiger partial charge in [0.2, 0.25) is 0 Å². The first kappa shape index (κ1) is 28.2. The third-order valence-electron chi connectivity index (χ3n) is 4.38. The van der Waals surface area contributed by atoms with Crippen LogP contribution < -0.4 is 5.32 Å². The Hall–Kier alpha value is -2.88. The Morgan fingerprint density at radius 3 is 2.36 bits per heavy atom. The molecule has 0 atom stereocenters. The Balaban J connectivity index is 0.00000265. The predicted molar refractivity (Wildman–Crippen MR) is 126 cm³/mol. The highest BCUT2D eigenvalue weighted by molar-refractivity contribution is 9.10. The maximum atomic E-state index is 13.4. The van der Waals surface area contributed by atoms with E-state index in [1.54, 1.807) is 12.1 Å². The van der Waals surface area contributed by atoms with Crippen LogP contribution in [0.25, 0.3) is 0 Å². The van der Waals surface area contributed by atoms with Crippen molar-refractivity contribution in [2.75, 3.05) is 14.2 Å². The number of likely N-dealkylation sites (N-methyl/N-ethyl adjacent to an activating group) is 1. The quantitative estimate of drug-likeness (QED) is 0.361. The summed E-state index contributed by atoms with van der Waals surface area (Å²) in [6, 6.07) is 9.04. The molecule has 1 amide bonds. The number of aryl methyl sites for hydroxylation is 1. The second-order valence-corrected chi connectivity index (χ2v) is 7.36. The van der Waals surface area contributed by atoms with Crippen molar-refractivity contribution in [3.05, 3.63) is 68.7 Å². The Kier molecular flexibility index (Phi) is 11.1. The van der Waals surface area contributed by atoms with E-state index in [-0.39, 0.29) is 23.6 Å². The van der Waals surface area contributed by atoms with Crippen molar-refractivity contribution in [2.45, 2.75) is 40.5 Å². The summed E-state index contributed by atoms with van der Waals surface area (Å²) in [4.78, 5) is 22.3. The fraction of sp³-hybridized carbons (Fsp3) is 0.348. The van der Waals surface area contributed by atoms with Crippen LogP contribution >= 0.6 is 15.9 Å². The van der Waals surface area contributed by atoms with E-state index in [1.807, 2.05) is 26.8 Å². The molecule has 0 radical (unpaired) electrons. The van der Waals surface area contributed by atoms with Crippen LogP contribution in [-0.4, -0.2) is 31.5 Å². The van der Waals surface area contributed by atoms with E-state index in [0.717, 1.165) is 11.6 Å². The first-order chi connectivity index (χ1) is 15.6. The van der Waals surface area contributed by atoms with E-state index in [9.17, 15) is 18.0 Å². The van der Waals surface area contributed by atoms with E-state index < -0.39 is 17.6 Å². The van der Waals surface area contributed by atoms with Gasteiger partial charge in [-0.05, 0) is 31.5 Å². The van der Waals surface area contributed by atoms with Crippen LogP contribution in [-0.2, 0) is 27.3 Å². The van der Waals surface area contributed by atoms with Crippen molar-refractivity contribution in [3.8, 4) is 0 Å². The Morgan fingerprint density at radius 1 is 1.12 bits per heavy atom. The van der Waals surface area contributed by atoms with E-state index in [2.05, 4.69) is 31.6 Å². The fourth-order valence-corrected chi connectivity index (χ4v) is 3.21. The minimum absolute atomic E-state index is 0.0419. The molecule has 2 rings (SSSR count). The van der Waals surface area contributed by atoms with Gasteiger partial charge in [-0.2, -0.15) is 13.2 Å². The number of alkyl halides is 3. The number of hydrogen-bond acceptors (Lipinski definition) is 5. The van der Waals surface area contributed by atoms with Crippen molar-refractivity contribution in [3.63, 3.8) is 0 Å². The molecule has 0 saturated carbocycles. The minimum Gasteiger partial charge on any atom is -0.398 e. The average Bonchev–Trinajstić information content (AvgIpc) is 2.78. The highest BCUT2D eigenvalue weighted by atomic mass is 79.9. The molecule has 0 aliphatic heterocycles.